The second kappa shape index (κ2) is 5.59. The van der Waals surface area contributed by atoms with Crippen LogP contribution in [0.2, 0.25) is 5.02 Å². The zero-order valence-electron chi connectivity index (χ0n) is 12.3. The molecule has 0 unspecified atom stereocenters. The summed E-state index contributed by atoms with van der Waals surface area (Å²) in [4.78, 5) is 13.9. The van der Waals surface area contributed by atoms with Crippen LogP contribution in [0.5, 0.6) is 0 Å². The Balaban J connectivity index is 2.26. The van der Waals surface area contributed by atoms with Gasteiger partial charge in [0.1, 0.15) is 4.90 Å². The fourth-order valence-corrected chi connectivity index (χ4v) is 4.23. The maximum Gasteiger partial charge on any atom is 0.245 e. The molecule has 1 aliphatic heterocycles. The first-order valence-corrected chi connectivity index (χ1v) is 8.51. The molecule has 1 aliphatic rings. The quantitative estimate of drug-likeness (QED) is 0.833. The Morgan fingerprint density at radius 3 is 2.29 bits per heavy atom. The van der Waals surface area contributed by atoms with Crippen molar-refractivity contribution in [3.05, 3.63) is 29.3 Å². The monoisotopic (exact) mass is 330 g/mol. The number of hydrogen-bond donors (Lipinski definition) is 0. The largest absolute Gasteiger partial charge is 0.335 e. The average molecular weight is 331 g/mol. The van der Waals surface area contributed by atoms with Crippen LogP contribution >= 0.6 is 11.6 Å². The predicted molar refractivity (Wildman–Crippen MR) is 81.7 cm³/mol. The van der Waals surface area contributed by atoms with Crippen molar-refractivity contribution in [2.24, 2.45) is 0 Å². The highest BCUT2D eigenvalue weighted by molar-refractivity contribution is 7.89. The lowest BCUT2D eigenvalue weighted by molar-refractivity contribution is -0.139. The Labute approximate surface area is 130 Å². The smallest absolute Gasteiger partial charge is 0.245 e. The van der Waals surface area contributed by atoms with E-state index in [0.29, 0.717) is 6.54 Å². The normalized spacial score (nSPS) is 18.1. The van der Waals surface area contributed by atoms with Gasteiger partial charge in [-0.2, -0.15) is 4.31 Å². The Kier molecular flexibility index (Phi) is 4.33. The molecule has 1 aromatic rings. The molecule has 1 heterocycles. The van der Waals surface area contributed by atoms with Gasteiger partial charge in [0.05, 0.1) is 11.6 Å². The van der Waals surface area contributed by atoms with E-state index >= 15 is 0 Å². The first-order valence-electron chi connectivity index (χ1n) is 6.69. The minimum absolute atomic E-state index is 0.0451. The van der Waals surface area contributed by atoms with E-state index in [0.717, 1.165) is 0 Å². The number of amides is 1. The second-order valence-corrected chi connectivity index (χ2v) is 8.30. The lowest BCUT2D eigenvalue weighted by Gasteiger charge is -2.41. The van der Waals surface area contributed by atoms with Crippen molar-refractivity contribution in [3.8, 4) is 0 Å². The van der Waals surface area contributed by atoms with Crippen LogP contribution in [-0.2, 0) is 14.8 Å². The van der Waals surface area contributed by atoms with Gasteiger partial charge in [-0.25, -0.2) is 8.42 Å². The molecule has 0 N–H and O–H groups in total. The van der Waals surface area contributed by atoms with Gasteiger partial charge in [0.25, 0.3) is 0 Å². The summed E-state index contributed by atoms with van der Waals surface area (Å²) >= 11 is 5.96. The third kappa shape index (κ3) is 3.22. The first kappa shape index (κ1) is 16.3. The molecule has 5 nitrogen and oxygen atoms in total. The highest BCUT2D eigenvalue weighted by Crippen LogP contribution is 2.26. The summed E-state index contributed by atoms with van der Waals surface area (Å²) in [6.07, 6.45) is 0. The van der Waals surface area contributed by atoms with E-state index in [1.165, 1.54) is 16.4 Å². The minimum atomic E-state index is -3.74. The minimum Gasteiger partial charge on any atom is -0.335 e. The van der Waals surface area contributed by atoms with Crippen LogP contribution < -0.4 is 0 Å². The fraction of sp³-hybridized carbons (Fsp3) is 0.500. The van der Waals surface area contributed by atoms with Crippen LogP contribution in [0.3, 0.4) is 0 Å². The van der Waals surface area contributed by atoms with E-state index in [2.05, 4.69) is 0 Å². The predicted octanol–water partition coefficient (Wildman–Crippen LogP) is 1.97. The summed E-state index contributed by atoms with van der Waals surface area (Å²) in [7, 11) is -3.74. The van der Waals surface area contributed by atoms with E-state index < -0.39 is 10.0 Å². The van der Waals surface area contributed by atoms with Crippen molar-refractivity contribution >= 4 is 27.5 Å². The van der Waals surface area contributed by atoms with Crippen LogP contribution in [0.25, 0.3) is 0 Å². The maximum atomic E-state index is 12.6. The summed E-state index contributed by atoms with van der Waals surface area (Å²) in [6, 6.07) is 6.27. The van der Waals surface area contributed by atoms with Crippen molar-refractivity contribution < 1.29 is 13.2 Å². The Bertz CT molecular complexity index is 652. The summed E-state index contributed by atoms with van der Waals surface area (Å²) in [5, 5.41) is 0.170. The molecule has 1 fully saturated rings. The number of halogens is 1. The Hall–Kier alpha value is -1.11. The van der Waals surface area contributed by atoms with Gasteiger partial charge in [0, 0.05) is 18.6 Å². The molecule has 1 saturated heterocycles. The van der Waals surface area contributed by atoms with Gasteiger partial charge in [-0.15, -0.1) is 0 Å². The van der Waals surface area contributed by atoms with Gasteiger partial charge in [-0.3, -0.25) is 4.79 Å². The lowest BCUT2D eigenvalue weighted by Crippen LogP contribution is -2.57. The molecule has 0 bridgehead atoms. The standard InChI is InChI=1S/C14H19ClN2O3S/c1-14(2,3)17-9-8-16(10-13(17)18)21(19,20)12-7-5-4-6-11(12)15/h4-7H,8-10H2,1-3H3. The van der Waals surface area contributed by atoms with Crippen LogP contribution in [-0.4, -0.2) is 48.7 Å². The molecule has 0 spiro atoms. The highest BCUT2D eigenvalue weighted by atomic mass is 35.5. The van der Waals surface area contributed by atoms with E-state index in [4.69, 9.17) is 11.6 Å². The molecule has 1 aromatic carbocycles. The SMILES string of the molecule is CC(C)(C)N1CCN(S(=O)(=O)c2ccccc2Cl)CC1=O. The van der Waals surface area contributed by atoms with Crippen molar-refractivity contribution in [2.45, 2.75) is 31.2 Å². The average Bonchev–Trinajstić information content (AvgIpc) is 2.37. The molecule has 7 heteroatoms. The van der Waals surface area contributed by atoms with Crippen molar-refractivity contribution in [2.75, 3.05) is 19.6 Å². The highest BCUT2D eigenvalue weighted by Gasteiger charge is 2.37. The number of hydrogen-bond acceptors (Lipinski definition) is 3. The van der Waals surface area contributed by atoms with Crippen LogP contribution in [0.15, 0.2) is 29.2 Å². The molecular weight excluding hydrogens is 312 g/mol. The van der Waals surface area contributed by atoms with Crippen LogP contribution in [0, 0.1) is 0 Å². The zero-order chi connectivity index (χ0) is 15.8. The number of carbonyl (C=O) groups is 1. The van der Waals surface area contributed by atoms with E-state index in [-0.39, 0.29) is 34.5 Å². The zero-order valence-corrected chi connectivity index (χ0v) is 13.9. The van der Waals surface area contributed by atoms with Gasteiger partial charge in [-0.1, -0.05) is 23.7 Å². The number of rotatable bonds is 2. The summed E-state index contributed by atoms with van der Waals surface area (Å²) in [6.45, 7) is 6.31. The number of piperazine rings is 1. The van der Waals surface area contributed by atoms with Crippen molar-refractivity contribution in [3.63, 3.8) is 0 Å². The van der Waals surface area contributed by atoms with Crippen LogP contribution in [0.1, 0.15) is 20.8 Å². The topological polar surface area (TPSA) is 57.7 Å². The van der Waals surface area contributed by atoms with Gasteiger partial charge in [0.2, 0.25) is 15.9 Å². The molecule has 0 aliphatic carbocycles. The van der Waals surface area contributed by atoms with E-state index in [9.17, 15) is 13.2 Å². The lowest BCUT2D eigenvalue weighted by atomic mass is 10.1. The first-order chi connectivity index (χ1) is 9.64. The molecular formula is C14H19ClN2O3S. The number of nitrogens with zero attached hydrogens (tertiary/aromatic N) is 2. The summed E-state index contributed by atoms with van der Waals surface area (Å²) in [5.41, 5.74) is -0.308. The molecule has 0 radical (unpaired) electrons. The Morgan fingerprint density at radius 2 is 1.76 bits per heavy atom. The molecule has 0 aromatic heterocycles. The van der Waals surface area contributed by atoms with Crippen LogP contribution in [0.4, 0.5) is 0 Å². The molecule has 1 amide bonds. The van der Waals surface area contributed by atoms with Gasteiger partial charge < -0.3 is 4.90 Å². The summed E-state index contributed by atoms with van der Waals surface area (Å²) < 4.78 is 26.4. The second-order valence-electron chi connectivity index (χ2n) is 5.99. The fourth-order valence-electron chi connectivity index (χ4n) is 2.36. The molecule has 21 heavy (non-hydrogen) atoms. The maximum absolute atomic E-state index is 12.6. The number of carbonyl (C=O) groups excluding carboxylic acids is 1. The van der Waals surface area contributed by atoms with E-state index in [1.807, 2.05) is 20.8 Å². The number of sulfonamides is 1. The molecule has 116 valence electrons. The summed E-state index contributed by atoms with van der Waals surface area (Å²) in [5.74, 6) is -0.190. The Morgan fingerprint density at radius 1 is 1.14 bits per heavy atom. The van der Waals surface area contributed by atoms with Gasteiger partial charge >= 0.3 is 0 Å². The van der Waals surface area contributed by atoms with Crippen molar-refractivity contribution in [1.29, 1.82) is 0 Å². The molecule has 0 atom stereocenters. The van der Waals surface area contributed by atoms with Gasteiger partial charge in [-0.05, 0) is 32.9 Å². The van der Waals surface area contributed by atoms with Gasteiger partial charge in [0.15, 0.2) is 0 Å². The van der Waals surface area contributed by atoms with E-state index in [1.54, 1.807) is 17.0 Å². The molecule has 2 rings (SSSR count). The third-order valence-corrected chi connectivity index (χ3v) is 5.79. The third-order valence-electron chi connectivity index (χ3n) is 3.45. The van der Waals surface area contributed by atoms with Crippen molar-refractivity contribution in [1.82, 2.24) is 9.21 Å². The number of benzene rings is 1. The molecule has 0 saturated carbocycles.